The fourth-order valence-electron chi connectivity index (χ4n) is 5.07. The van der Waals surface area contributed by atoms with Gasteiger partial charge in [0.1, 0.15) is 4.90 Å². The van der Waals surface area contributed by atoms with E-state index >= 15 is 0 Å². The number of carbonyl (C=O) groups is 2. The van der Waals surface area contributed by atoms with Crippen molar-refractivity contribution in [2.75, 3.05) is 23.3 Å². The van der Waals surface area contributed by atoms with E-state index < -0.39 is 16.1 Å². The zero-order valence-electron chi connectivity index (χ0n) is 22.3. The molecule has 206 valence electrons. The van der Waals surface area contributed by atoms with Crippen molar-refractivity contribution in [2.24, 2.45) is 11.7 Å². The molecule has 0 aliphatic carbocycles. The minimum Gasteiger partial charge on any atom is -0.370 e. The molecule has 1 heterocycles. The molecule has 3 aromatic carbocycles. The van der Waals surface area contributed by atoms with Crippen LogP contribution in [0.3, 0.4) is 0 Å². The molecule has 1 aliphatic rings. The zero-order chi connectivity index (χ0) is 28.0. The van der Waals surface area contributed by atoms with Gasteiger partial charge in [0.05, 0.1) is 11.6 Å². The minimum atomic E-state index is -3.99. The van der Waals surface area contributed by atoms with Crippen molar-refractivity contribution in [1.29, 1.82) is 0 Å². The van der Waals surface area contributed by atoms with Crippen LogP contribution >= 0.6 is 0 Å². The second-order valence-electron chi connectivity index (χ2n) is 9.96. The molecule has 0 spiro atoms. The number of piperidine rings is 1. The van der Waals surface area contributed by atoms with Crippen LogP contribution in [0.5, 0.6) is 0 Å². The van der Waals surface area contributed by atoms with Gasteiger partial charge >= 0.3 is 0 Å². The number of benzene rings is 3. The van der Waals surface area contributed by atoms with Crippen LogP contribution in [0.25, 0.3) is 0 Å². The third-order valence-electron chi connectivity index (χ3n) is 7.31. The van der Waals surface area contributed by atoms with Gasteiger partial charge in [-0.3, -0.25) is 9.59 Å². The summed E-state index contributed by atoms with van der Waals surface area (Å²) in [5.41, 5.74) is 8.17. The van der Waals surface area contributed by atoms with Crippen LogP contribution in [-0.2, 0) is 19.6 Å². The number of amides is 2. The third-order valence-corrected chi connectivity index (χ3v) is 8.88. The molecule has 4 N–H and O–H groups in total. The van der Waals surface area contributed by atoms with Gasteiger partial charge in [-0.2, -0.15) is 0 Å². The Kier molecular flexibility index (Phi) is 9.04. The van der Waals surface area contributed by atoms with Crippen molar-refractivity contribution in [2.45, 2.75) is 50.0 Å². The molecule has 3 aromatic rings. The van der Waals surface area contributed by atoms with E-state index in [2.05, 4.69) is 10.0 Å². The van der Waals surface area contributed by atoms with Crippen LogP contribution in [0, 0.1) is 5.92 Å². The van der Waals surface area contributed by atoms with Crippen molar-refractivity contribution >= 4 is 33.2 Å². The molecule has 0 bridgehead atoms. The summed E-state index contributed by atoms with van der Waals surface area (Å²) in [7, 11) is -3.99. The van der Waals surface area contributed by atoms with E-state index in [4.69, 9.17) is 5.73 Å². The third kappa shape index (κ3) is 6.85. The molecule has 0 unspecified atom stereocenters. The molecule has 0 aromatic heterocycles. The Morgan fingerprint density at radius 2 is 1.54 bits per heavy atom. The van der Waals surface area contributed by atoms with E-state index in [9.17, 15) is 18.0 Å². The number of rotatable bonds is 10. The molecular formula is C30H36N4O4S. The molecule has 1 fully saturated rings. The topological polar surface area (TPSA) is 122 Å². The normalized spacial score (nSPS) is 15.9. The summed E-state index contributed by atoms with van der Waals surface area (Å²) >= 11 is 0. The summed E-state index contributed by atoms with van der Waals surface area (Å²) in [5, 5.41) is 2.93. The van der Waals surface area contributed by atoms with Gasteiger partial charge in [0.15, 0.2) is 0 Å². The molecule has 2 amide bonds. The van der Waals surface area contributed by atoms with E-state index in [0.29, 0.717) is 43.7 Å². The van der Waals surface area contributed by atoms with Crippen LogP contribution in [0.1, 0.15) is 56.2 Å². The lowest BCUT2D eigenvalue weighted by molar-refractivity contribution is -0.122. The Bertz CT molecular complexity index is 1390. The average Bonchev–Trinajstić information content (AvgIpc) is 2.94. The predicted molar refractivity (Wildman–Crippen MR) is 154 cm³/mol. The van der Waals surface area contributed by atoms with Gasteiger partial charge in [0, 0.05) is 30.7 Å². The summed E-state index contributed by atoms with van der Waals surface area (Å²) < 4.78 is 30.3. The Labute approximate surface area is 230 Å². The molecule has 4 rings (SSSR count). The molecule has 8 nitrogen and oxygen atoms in total. The van der Waals surface area contributed by atoms with Gasteiger partial charge in [0.2, 0.25) is 21.8 Å². The molecule has 39 heavy (non-hydrogen) atoms. The smallest absolute Gasteiger partial charge is 0.243 e. The van der Waals surface area contributed by atoms with Gasteiger partial charge in [-0.15, -0.1) is 0 Å². The number of primary amides is 1. The lowest BCUT2D eigenvalue weighted by Gasteiger charge is -2.33. The van der Waals surface area contributed by atoms with Gasteiger partial charge in [-0.1, -0.05) is 67.6 Å². The maximum absolute atomic E-state index is 13.8. The molecule has 1 aliphatic heterocycles. The van der Waals surface area contributed by atoms with E-state index in [1.165, 1.54) is 6.07 Å². The number of hydrogen-bond acceptors (Lipinski definition) is 5. The molecule has 9 heteroatoms. The number of sulfonamides is 1. The van der Waals surface area contributed by atoms with Crippen molar-refractivity contribution in [3.05, 3.63) is 90.0 Å². The molecule has 0 radical (unpaired) electrons. The van der Waals surface area contributed by atoms with Crippen molar-refractivity contribution < 1.29 is 18.0 Å². The Morgan fingerprint density at radius 3 is 2.10 bits per heavy atom. The van der Waals surface area contributed by atoms with Crippen molar-refractivity contribution in [3.63, 3.8) is 0 Å². The summed E-state index contributed by atoms with van der Waals surface area (Å²) in [6, 6.07) is 23.4. The quantitative estimate of drug-likeness (QED) is 0.343. The predicted octanol–water partition coefficient (Wildman–Crippen LogP) is 4.56. The number of nitrogens with zero attached hydrogens (tertiary/aromatic N) is 1. The van der Waals surface area contributed by atoms with Crippen LogP contribution < -0.4 is 20.7 Å². The maximum Gasteiger partial charge on any atom is 0.243 e. The number of anilines is 2. The average molecular weight is 549 g/mol. The maximum atomic E-state index is 13.8. The highest BCUT2D eigenvalue weighted by atomic mass is 32.2. The van der Waals surface area contributed by atoms with Gasteiger partial charge in [-0.05, 0) is 55.5 Å². The summed E-state index contributed by atoms with van der Waals surface area (Å²) in [4.78, 5) is 26.9. The van der Waals surface area contributed by atoms with Crippen LogP contribution in [-0.4, -0.2) is 33.3 Å². The largest absolute Gasteiger partial charge is 0.370 e. The van der Waals surface area contributed by atoms with Gasteiger partial charge in [0.25, 0.3) is 0 Å². The lowest BCUT2D eigenvalue weighted by Crippen LogP contribution is -2.39. The van der Waals surface area contributed by atoms with E-state index in [-0.39, 0.29) is 28.5 Å². The van der Waals surface area contributed by atoms with E-state index in [1.807, 2.05) is 72.5 Å². The first-order chi connectivity index (χ1) is 18.7. The van der Waals surface area contributed by atoms with Crippen molar-refractivity contribution in [3.8, 4) is 0 Å². The van der Waals surface area contributed by atoms with Crippen molar-refractivity contribution in [1.82, 2.24) is 4.72 Å². The summed E-state index contributed by atoms with van der Waals surface area (Å²) in [5.74, 6) is -1.12. The highest BCUT2D eigenvalue weighted by Crippen LogP contribution is 2.33. The molecule has 0 saturated carbocycles. The van der Waals surface area contributed by atoms with Crippen LogP contribution in [0.4, 0.5) is 11.4 Å². The number of hydrogen-bond donors (Lipinski definition) is 3. The second-order valence-corrected chi connectivity index (χ2v) is 11.6. The zero-order valence-corrected chi connectivity index (χ0v) is 23.2. The Morgan fingerprint density at radius 1 is 0.949 bits per heavy atom. The molecule has 2 atom stereocenters. The van der Waals surface area contributed by atoms with Gasteiger partial charge < -0.3 is 16.0 Å². The van der Waals surface area contributed by atoms with Crippen LogP contribution in [0.2, 0.25) is 0 Å². The highest BCUT2D eigenvalue weighted by molar-refractivity contribution is 7.89. The van der Waals surface area contributed by atoms with E-state index in [1.54, 1.807) is 19.1 Å². The molecule has 1 saturated heterocycles. The minimum absolute atomic E-state index is 0.0772. The first kappa shape index (κ1) is 28.3. The van der Waals surface area contributed by atoms with Crippen LogP contribution in [0.15, 0.2) is 83.8 Å². The number of nitrogens with two attached hydrogens (primary N) is 1. The SMILES string of the molecule is CC[C@@H](C(=O)Nc1ccc(N2CCC(C(N)=O)CC2)c(S(=O)(=O)N[C@H](C)c2ccccc2)c1)c1ccccc1. The fraction of sp³-hybridized carbons (Fsp3) is 0.333. The number of carbonyl (C=O) groups excluding carboxylic acids is 2. The van der Waals surface area contributed by atoms with E-state index in [0.717, 1.165) is 11.1 Å². The monoisotopic (exact) mass is 548 g/mol. The number of nitrogens with one attached hydrogen (secondary N) is 2. The summed E-state index contributed by atoms with van der Waals surface area (Å²) in [6.45, 7) is 4.74. The summed E-state index contributed by atoms with van der Waals surface area (Å²) in [6.07, 6.45) is 1.71. The highest BCUT2D eigenvalue weighted by Gasteiger charge is 2.29. The lowest BCUT2D eigenvalue weighted by atomic mass is 9.95. The molecular weight excluding hydrogens is 512 g/mol. The Hall–Kier alpha value is -3.69. The second kappa shape index (κ2) is 12.4. The fourth-order valence-corrected chi connectivity index (χ4v) is 6.55. The van der Waals surface area contributed by atoms with Gasteiger partial charge in [-0.25, -0.2) is 13.1 Å². The first-order valence-corrected chi connectivity index (χ1v) is 14.8. The Balaban J connectivity index is 1.65. The first-order valence-electron chi connectivity index (χ1n) is 13.3. The standard InChI is InChI=1S/C30H36N4O4S/c1-3-26(23-12-8-5-9-13-23)30(36)32-25-14-15-27(34-18-16-24(17-19-34)29(31)35)28(20-25)39(37,38)33-21(2)22-10-6-4-7-11-22/h4-15,20-21,24,26,33H,3,16-19H2,1-2H3,(H2,31,35)(H,32,36)/t21-,26-/m1/s1.